The summed E-state index contributed by atoms with van der Waals surface area (Å²) >= 11 is 0. The lowest BCUT2D eigenvalue weighted by atomic mass is 9.93. The molecule has 0 amide bonds. The quantitative estimate of drug-likeness (QED) is 0.758. The molecule has 1 aliphatic carbocycles. The van der Waals surface area contributed by atoms with Gasteiger partial charge in [0.15, 0.2) is 0 Å². The Labute approximate surface area is 128 Å². The number of nitrogens with one attached hydrogen (secondary N) is 1. The predicted octanol–water partition coefficient (Wildman–Crippen LogP) is 2.88. The van der Waals surface area contributed by atoms with E-state index in [-0.39, 0.29) is 12.0 Å². The van der Waals surface area contributed by atoms with Crippen LogP contribution in [0.4, 0.5) is 11.4 Å². The Morgan fingerprint density at radius 1 is 1.05 bits per heavy atom. The molecule has 0 spiro atoms. The van der Waals surface area contributed by atoms with Gasteiger partial charge in [0.05, 0.1) is 0 Å². The second-order valence-corrected chi connectivity index (χ2v) is 6.78. The van der Waals surface area contributed by atoms with Crippen LogP contribution in [0.25, 0.3) is 6.08 Å². The highest BCUT2D eigenvalue weighted by molar-refractivity contribution is 7.86. The molecule has 1 atom stereocenters. The van der Waals surface area contributed by atoms with Gasteiger partial charge in [0, 0.05) is 23.4 Å². The second kappa shape index (κ2) is 5.24. The molecule has 3 N–H and O–H groups in total. The molecule has 0 aliphatic heterocycles. The average molecular weight is 317 g/mol. The molecule has 1 unspecified atom stereocenters. The van der Waals surface area contributed by atoms with Gasteiger partial charge in [0.25, 0.3) is 10.1 Å². The van der Waals surface area contributed by atoms with Crippen molar-refractivity contribution < 1.29 is 18.1 Å². The van der Waals surface area contributed by atoms with Crippen molar-refractivity contribution in [1.82, 2.24) is 0 Å². The fourth-order valence-electron chi connectivity index (χ4n) is 2.52. The summed E-state index contributed by atoms with van der Waals surface area (Å²) in [6.45, 7) is 0. The topological polar surface area (TPSA) is 86.6 Å². The predicted molar refractivity (Wildman–Crippen MR) is 85.3 cm³/mol. The molecule has 22 heavy (non-hydrogen) atoms. The molecular weight excluding hydrogens is 302 g/mol. The van der Waals surface area contributed by atoms with E-state index >= 15 is 0 Å². The van der Waals surface area contributed by atoms with Gasteiger partial charge in [-0.05, 0) is 29.8 Å². The lowest BCUT2D eigenvalue weighted by Gasteiger charge is -2.28. The van der Waals surface area contributed by atoms with Crippen molar-refractivity contribution in [1.29, 1.82) is 0 Å². The first kappa shape index (κ1) is 14.8. The fourth-order valence-corrected chi connectivity index (χ4v) is 3.29. The van der Waals surface area contributed by atoms with Crippen LogP contribution in [0.1, 0.15) is 17.5 Å². The van der Waals surface area contributed by atoms with Crippen LogP contribution in [-0.2, 0) is 15.1 Å². The summed E-state index contributed by atoms with van der Waals surface area (Å²) < 4.78 is 32.3. The maximum Gasteiger partial charge on any atom is 0.299 e. The highest BCUT2D eigenvalue weighted by Gasteiger charge is 2.44. The molecule has 0 fully saturated rings. The number of fused-ring (bicyclic) bond motifs is 1. The third-order valence-corrected chi connectivity index (χ3v) is 4.89. The third-order valence-electron chi connectivity index (χ3n) is 3.65. The van der Waals surface area contributed by atoms with Gasteiger partial charge in [-0.1, -0.05) is 36.4 Å². The number of rotatable bonds is 3. The van der Waals surface area contributed by atoms with Crippen molar-refractivity contribution in [2.75, 3.05) is 5.32 Å². The summed E-state index contributed by atoms with van der Waals surface area (Å²) in [7, 11) is -4.63. The van der Waals surface area contributed by atoms with Gasteiger partial charge in [-0.25, -0.2) is 0 Å². The summed E-state index contributed by atoms with van der Waals surface area (Å²) in [6, 6.07) is 14.4. The van der Waals surface area contributed by atoms with E-state index in [1.807, 2.05) is 30.3 Å². The molecule has 2 aromatic rings. The van der Waals surface area contributed by atoms with Crippen LogP contribution >= 0.6 is 0 Å². The molecule has 0 aromatic heterocycles. The SMILES string of the molecule is O=S(=O)(O)C1(O)CC=Cc2cc(Nc3ccccc3)ccc21. The number of hydrogen-bond donors (Lipinski definition) is 3. The van der Waals surface area contributed by atoms with Crippen LogP contribution in [0.5, 0.6) is 0 Å². The zero-order valence-electron chi connectivity index (χ0n) is 11.6. The van der Waals surface area contributed by atoms with Crippen molar-refractivity contribution in [3.05, 3.63) is 65.7 Å². The smallest absolute Gasteiger partial charge is 0.299 e. The van der Waals surface area contributed by atoms with Gasteiger partial charge in [0.2, 0.25) is 4.93 Å². The maximum absolute atomic E-state index is 11.5. The normalized spacial score (nSPS) is 20.5. The van der Waals surface area contributed by atoms with Gasteiger partial charge in [-0.3, -0.25) is 4.55 Å². The molecule has 2 aromatic carbocycles. The first-order chi connectivity index (χ1) is 10.4. The van der Waals surface area contributed by atoms with Gasteiger partial charge in [-0.15, -0.1) is 0 Å². The van der Waals surface area contributed by atoms with Crippen LogP contribution in [0.3, 0.4) is 0 Å². The van der Waals surface area contributed by atoms with Crippen molar-refractivity contribution in [3.8, 4) is 0 Å². The lowest BCUT2D eigenvalue weighted by molar-refractivity contribution is 0.114. The van der Waals surface area contributed by atoms with E-state index in [2.05, 4.69) is 5.32 Å². The molecule has 0 bridgehead atoms. The molecule has 0 saturated heterocycles. The van der Waals surface area contributed by atoms with Gasteiger partial charge < -0.3 is 10.4 Å². The summed E-state index contributed by atoms with van der Waals surface area (Å²) in [6.07, 6.45) is 3.08. The van der Waals surface area contributed by atoms with Crippen LogP contribution in [0, 0.1) is 0 Å². The Hall–Kier alpha value is -2.15. The first-order valence-corrected chi connectivity index (χ1v) is 8.17. The Morgan fingerprint density at radius 2 is 1.77 bits per heavy atom. The molecule has 0 heterocycles. The van der Waals surface area contributed by atoms with Crippen LogP contribution in [0.2, 0.25) is 0 Å². The highest BCUT2D eigenvalue weighted by Crippen LogP contribution is 2.38. The minimum absolute atomic E-state index is 0.176. The second-order valence-electron chi connectivity index (χ2n) is 5.16. The minimum atomic E-state index is -4.63. The molecule has 5 nitrogen and oxygen atoms in total. The van der Waals surface area contributed by atoms with Crippen molar-refractivity contribution >= 4 is 27.6 Å². The molecule has 1 aliphatic rings. The standard InChI is InChI=1S/C16H15NO4S/c18-16(22(19,20)21)10-4-5-12-11-14(8-9-15(12)16)17-13-6-2-1-3-7-13/h1-9,11,17-18H,10H2,(H,19,20,21). The molecule has 0 saturated carbocycles. The van der Waals surface area contributed by atoms with E-state index in [1.54, 1.807) is 18.2 Å². The molecule has 3 rings (SSSR count). The van der Waals surface area contributed by atoms with Gasteiger partial charge in [-0.2, -0.15) is 8.42 Å². The first-order valence-electron chi connectivity index (χ1n) is 6.73. The van der Waals surface area contributed by atoms with Gasteiger partial charge in [0.1, 0.15) is 0 Å². The molecular formula is C16H15NO4S. The highest BCUT2D eigenvalue weighted by atomic mass is 32.2. The van der Waals surface area contributed by atoms with E-state index in [0.29, 0.717) is 5.56 Å². The van der Waals surface area contributed by atoms with Crippen LogP contribution in [-0.4, -0.2) is 18.1 Å². The van der Waals surface area contributed by atoms with Crippen molar-refractivity contribution in [3.63, 3.8) is 0 Å². The zero-order chi connectivity index (χ0) is 15.8. The number of aliphatic hydroxyl groups is 1. The number of anilines is 2. The Bertz CT molecular complexity index is 830. The number of benzene rings is 2. The van der Waals surface area contributed by atoms with E-state index < -0.39 is 15.1 Å². The van der Waals surface area contributed by atoms with E-state index in [4.69, 9.17) is 0 Å². The summed E-state index contributed by atoms with van der Waals surface area (Å²) in [5, 5.41) is 13.5. The lowest BCUT2D eigenvalue weighted by Crippen LogP contribution is -2.36. The number of para-hydroxylation sites is 1. The largest absolute Gasteiger partial charge is 0.369 e. The molecule has 114 valence electrons. The van der Waals surface area contributed by atoms with E-state index in [0.717, 1.165) is 11.4 Å². The van der Waals surface area contributed by atoms with E-state index in [1.165, 1.54) is 12.1 Å². The van der Waals surface area contributed by atoms with Crippen molar-refractivity contribution in [2.24, 2.45) is 0 Å². The molecule has 0 radical (unpaired) electrons. The van der Waals surface area contributed by atoms with E-state index in [9.17, 15) is 18.1 Å². The summed E-state index contributed by atoms with van der Waals surface area (Å²) in [4.78, 5) is -2.29. The monoisotopic (exact) mass is 317 g/mol. The Balaban J connectivity index is 2.00. The van der Waals surface area contributed by atoms with Crippen LogP contribution < -0.4 is 5.32 Å². The number of hydrogen-bond acceptors (Lipinski definition) is 4. The maximum atomic E-state index is 11.5. The minimum Gasteiger partial charge on any atom is -0.369 e. The Morgan fingerprint density at radius 3 is 2.45 bits per heavy atom. The Kier molecular flexibility index (Phi) is 3.52. The zero-order valence-corrected chi connectivity index (χ0v) is 12.4. The van der Waals surface area contributed by atoms with Gasteiger partial charge >= 0.3 is 0 Å². The fraction of sp³-hybridized carbons (Fsp3) is 0.125. The third kappa shape index (κ3) is 2.52. The van der Waals surface area contributed by atoms with Crippen molar-refractivity contribution in [2.45, 2.75) is 11.4 Å². The summed E-state index contributed by atoms with van der Waals surface area (Å²) in [5.41, 5.74) is 2.38. The van der Waals surface area contributed by atoms with Crippen LogP contribution in [0.15, 0.2) is 54.6 Å². The summed E-state index contributed by atoms with van der Waals surface area (Å²) in [5.74, 6) is 0. The average Bonchev–Trinajstić information content (AvgIpc) is 2.47. The molecule has 6 heteroatoms.